The quantitative estimate of drug-likeness (QED) is 0.611. The fourth-order valence-electron chi connectivity index (χ4n) is 1.48. The maximum atomic E-state index is 11.3. The van der Waals surface area contributed by atoms with E-state index in [0.29, 0.717) is 0 Å². The van der Waals surface area contributed by atoms with Gasteiger partial charge in [-0.15, -0.1) is 0 Å². The van der Waals surface area contributed by atoms with Gasteiger partial charge in [0.05, 0.1) is 12.5 Å². The molecule has 0 aromatic heterocycles. The second kappa shape index (κ2) is 5.22. The third kappa shape index (κ3) is 4.27. The van der Waals surface area contributed by atoms with E-state index in [9.17, 15) is 4.79 Å². The Bertz CT molecular complexity index is 166. The van der Waals surface area contributed by atoms with E-state index in [0.717, 1.165) is 19.5 Å². The van der Waals surface area contributed by atoms with Crippen LogP contribution in [-0.4, -0.2) is 38.1 Å². The largest absolute Gasteiger partial charge is 0.469 e. The predicted octanol–water partition coefficient (Wildman–Crippen LogP) is 1.53. The lowest BCUT2D eigenvalue weighted by molar-refractivity contribution is -0.151. The number of methoxy groups -OCH3 is 1. The molecule has 0 rings (SSSR count). The highest BCUT2D eigenvalue weighted by molar-refractivity contribution is 5.76. The third-order valence-electron chi connectivity index (χ3n) is 2.01. The molecule has 3 nitrogen and oxygen atoms in total. The first-order valence-electron chi connectivity index (χ1n) is 4.71. The lowest BCUT2D eigenvalue weighted by atomic mass is 9.93. The molecule has 0 aliphatic rings. The van der Waals surface area contributed by atoms with E-state index in [-0.39, 0.29) is 5.97 Å². The van der Waals surface area contributed by atoms with Crippen LogP contribution >= 0.6 is 0 Å². The number of nitrogens with zero attached hydrogens (tertiary/aromatic N) is 1. The predicted molar refractivity (Wildman–Crippen MR) is 53.6 cm³/mol. The minimum Gasteiger partial charge on any atom is -0.469 e. The second-order valence-electron chi connectivity index (χ2n) is 4.11. The molecule has 0 amide bonds. The van der Waals surface area contributed by atoms with Gasteiger partial charge in [-0.3, -0.25) is 4.79 Å². The summed E-state index contributed by atoms with van der Waals surface area (Å²) in [5.74, 6) is -0.143. The van der Waals surface area contributed by atoms with Crippen molar-refractivity contribution in [3.8, 4) is 0 Å². The average Bonchev–Trinajstić information content (AvgIpc) is 2.02. The Labute approximate surface area is 81.1 Å². The number of hydrogen-bond acceptors (Lipinski definition) is 3. The van der Waals surface area contributed by atoms with E-state index in [1.807, 2.05) is 20.9 Å². The molecule has 0 spiro atoms. The first-order chi connectivity index (χ1) is 5.94. The smallest absolute Gasteiger partial charge is 0.312 e. The monoisotopic (exact) mass is 187 g/mol. The molecule has 0 saturated carbocycles. The summed E-state index contributed by atoms with van der Waals surface area (Å²) in [6, 6.07) is 0. The van der Waals surface area contributed by atoms with Gasteiger partial charge in [0.25, 0.3) is 0 Å². The summed E-state index contributed by atoms with van der Waals surface area (Å²) in [4.78, 5) is 13.5. The summed E-state index contributed by atoms with van der Waals surface area (Å²) in [5, 5.41) is 0. The molecule has 0 atom stereocenters. The normalized spacial score (nSPS) is 11.8. The lowest BCUT2D eigenvalue weighted by Gasteiger charge is -2.27. The van der Waals surface area contributed by atoms with Crippen LogP contribution in [0.5, 0.6) is 0 Å². The summed E-state index contributed by atoms with van der Waals surface area (Å²) in [6.45, 7) is 7.70. The molecule has 0 unspecified atom stereocenters. The Kier molecular flexibility index (Phi) is 4.99. The fraction of sp³-hybridized carbons (Fsp3) is 0.900. The number of carbonyl (C=O) groups excluding carboxylic acids is 1. The van der Waals surface area contributed by atoms with Crippen molar-refractivity contribution in [1.82, 2.24) is 4.90 Å². The van der Waals surface area contributed by atoms with Crippen LogP contribution < -0.4 is 0 Å². The molecular weight excluding hydrogens is 166 g/mol. The minimum atomic E-state index is -0.404. The van der Waals surface area contributed by atoms with Gasteiger partial charge in [0.2, 0.25) is 0 Å². The maximum absolute atomic E-state index is 11.3. The van der Waals surface area contributed by atoms with Crippen LogP contribution in [0.3, 0.4) is 0 Å². The first kappa shape index (κ1) is 12.4. The van der Waals surface area contributed by atoms with Crippen LogP contribution in [0.25, 0.3) is 0 Å². The number of ether oxygens (including phenoxy) is 1. The molecule has 3 heteroatoms. The molecule has 0 aliphatic heterocycles. The van der Waals surface area contributed by atoms with Crippen LogP contribution in [0, 0.1) is 5.41 Å². The Morgan fingerprint density at radius 2 is 2.00 bits per heavy atom. The maximum Gasteiger partial charge on any atom is 0.312 e. The van der Waals surface area contributed by atoms with Gasteiger partial charge in [0, 0.05) is 6.54 Å². The Balaban J connectivity index is 4.07. The highest BCUT2D eigenvalue weighted by Gasteiger charge is 2.29. The van der Waals surface area contributed by atoms with Gasteiger partial charge in [-0.25, -0.2) is 0 Å². The molecule has 0 aliphatic carbocycles. The molecule has 0 N–H and O–H groups in total. The molecule has 0 heterocycles. The van der Waals surface area contributed by atoms with Gasteiger partial charge in [-0.2, -0.15) is 0 Å². The van der Waals surface area contributed by atoms with Crippen molar-refractivity contribution in [2.75, 3.05) is 27.2 Å². The highest BCUT2D eigenvalue weighted by Crippen LogP contribution is 2.18. The highest BCUT2D eigenvalue weighted by atomic mass is 16.5. The van der Waals surface area contributed by atoms with Gasteiger partial charge in [0.1, 0.15) is 0 Å². The molecule has 0 aromatic rings. The van der Waals surface area contributed by atoms with E-state index in [4.69, 9.17) is 4.74 Å². The number of hydrogen-bond donors (Lipinski definition) is 0. The van der Waals surface area contributed by atoms with E-state index in [2.05, 4.69) is 11.8 Å². The molecule has 0 saturated heterocycles. The van der Waals surface area contributed by atoms with Gasteiger partial charge >= 0.3 is 5.97 Å². The molecule has 0 bridgehead atoms. The van der Waals surface area contributed by atoms with Crippen molar-refractivity contribution in [2.45, 2.75) is 27.2 Å². The van der Waals surface area contributed by atoms with Crippen LogP contribution in [0.1, 0.15) is 27.2 Å². The number of rotatable bonds is 5. The topological polar surface area (TPSA) is 29.5 Å². The lowest BCUT2D eigenvalue weighted by Crippen LogP contribution is -2.38. The van der Waals surface area contributed by atoms with Crippen molar-refractivity contribution in [1.29, 1.82) is 0 Å². The zero-order chi connectivity index (χ0) is 10.5. The molecule has 0 radical (unpaired) electrons. The molecule has 78 valence electrons. The van der Waals surface area contributed by atoms with Gasteiger partial charge in [-0.05, 0) is 33.9 Å². The molecular formula is C10H21NO2. The van der Waals surface area contributed by atoms with Gasteiger partial charge < -0.3 is 9.64 Å². The number of carbonyl (C=O) groups is 1. The van der Waals surface area contributed by atoms with Crippen molar-refractivity contribution in [3.63, 3.8) is 0 Å². The summed E-state index contributed by atoms with van der Waals surface area (Å²) >= 11 is 0. The summed E-state index contributed by atoms with van der Waals surface area (Å²) < 4.78 is 4.73. The van der Waals surface area contributed by atoms with E-state index < -0.39 is 5.41 Å². The number of esters is 1. The standard InChI is InChI=1S/C10H21NO2/c1-6-7-11(4)8-10(2,3)9(12)13-5/h6-8H2,1-5H3. The van der Waals surface area contributed by atoms with Crippen LogP contribution in [0.4, 0.5) is 0 Å². The Morgan fingerprint density at radius 1 is 1.46 bits per heavy atom. The first-order valence-corrected chi connectivity index (χ1v) is 4.71. The summed E-state index contributed by atoms with van der Waals surface area (Å²) in [5.41, 5.74) is -0.404. The minimum absolute atomic E-state index is 0.143. The van der Waals surface area contributed by atoms with Crippen LogP contribution in [0.15, 0.2) is 0 Å². The molecule has 0 aromatic carbocycles. The van der Waals surface area contributed by atoms with E-state index >= 15 is 0 Å². The van der Waals surface area contributed by atoms with Crippen molar-refractivity contribution in [3.05, 3.63) is 0 Å². The van der Waals surface area contributed by atoms with E-state index in [1.54, 1.807) is 0 Å². The Morgan fingerprint density at radius 3 is 2.38 bits per heavy atom. The van der Waals surface area contributed by atoms with Crippen molar-refractivity contribution in [2.24, 2.45) is 5.41 Å². The SMILES string of the molecule is CCCN(C)CC(C)(C)C(=O)OC. The van der Waals surface area contributed by atoms with Gasteiger partial charge in [-0.1, -0.05) is 6.92 Å². The second-order valence-corrected chi connectivity index (χ2v) is 4.11. The van der Waals surface area contributed by atoms with E-state index in [1.165, 1.54) is 7.11 Å². The van der Waals surface area contributed by atoms with Crippen molar-refractivity contribution < 1.29 is 9.53 Å². The Hall–Kier alpha value is -0.570. The zero-order valence-electron chi connectivity index (χ0n) is 9.39. The summed E-state index contributed by atoms with van der Waals surface area (Å²) in [7, 11) is 3.46. The average molecular weight is 187 g/mol. The van der Waals surface area contributed by atoms with Crippen molar-refractivity contribution >= 4 is 5.97 Å². The van der Waals surface area contributed by atoms with Crippen LogP contribution in [0.2, 0.25) is 0 Å². The zero-order valence-corrected chi connectivity index (χ0v) is 9.39. The summed E-state index contributed by atoms with van der Waals surface area (Å²) in [6.07, 6.45) is 1.10. The molecule has 0 fully saturated rings. The third-order valence-corrected chi connectivity index (χ3v) is 2.01. The fourth-order valence-corrected chi connectivity index (χ4v) is 1.48. The van der Waals surface area contributed by atoms with Crippen LogP contribution in [-0.2, 0) is 9.53 Å². The van der Waals surface area contributed by atoms with Gasteiger partial charge in [0.15, 0.2) is 0 Å². The molecule has 13 heavy (non-hydrogen) atoms.